The molecule has 1 heterocycles. The predicted octanol–water partition coefficient (Wildman–Crippen LogP) is 1.02. The molecule has 0 fully saturated rings. The quantitative estimate of drug-likeness (QED) is 0.597. The zero-order valence-corrected chi connectivity index (χ0v) is 7.28. The van der Waals surface area contributed by atoms with E-state index < -0.39 is 0 Å². The molecule has 2 rings (SSSR count). The summed E-state index contributed by atoms with van der Waals surface area (Å²) in [5, 5.41) is 0. The monoisotopic (exact) mass is 175 g/mol. The maximum atomic E-state index is 11.3. The van der Waals surface area contributed by atoms with Gasteiger partial charge in [0, 0.05) is 18.3 Å². The van der Waals surface area contributed by atoms with Gasteiger partial charge in [0.15, 0.2) is 0 Å². The van der Waals surface area contributed by atoms with E-state index >= 15 is 0 Å². The summed E-state index contributed by atoms with van der Waals surface area (Å²) >= 11 is 0. The summed E-state index contributed by atoms with van der Waals surface area (Å²) in [5.74, 6) is 0.0815. The molecule has 3 heteroatoms. The van der Waals surface area contributed by atoms with Crippen molar-refractivity contribution in [3.05, 3.63) is 29.3 Å². The normalized spacial score (nSPS) is 14.5. The van der Waals surface area contributed by atoms with Crippen LogP contribution in [0.1, 0.15) is 15.9 Å². The van der Waals surface area contributed by atoms with Gasteiger partial charge in [-0.05, 0) is 11.6 Å². The highest BCUT2D eigenvalue weighted by Crippen LogP contribution is 2.27. The predicted molar refractivity (Wildman–Crippen MR) is 48.9 cm³/mol. The first-order valence-electron chi connectivity index (χ1n) is 4.07. The lowest BCUT2D eigenvalue weighted by Crippen LogP contribution is -2.20. The zero-order chi connectivity index (χ0) is 9.42. The smallest absolute Gasteiger partial charge is 0.231 e. The van der Waals surface area contributed by atoms with E-state index in [0.717, 1.165) is 17.5 Å². The minimum atomic E-state index is 0.0815. The summed E-state index contributed by atoms with van der Waals surface area (Å²) in [7, 11) is 1.72. The Kier molecular flexibility index (Phi) is 1.65. The molecule has 0 radical (unpaired) electrons. The van der Waals surface area contributed by atoms with Gasteiger partial charge in [0.25, 0.3) is 0 Å². The molecule has 66 valence electrons. The molecule has 13 heavy (non-hydrogen) atoms. The summed E-state index contributed by atoms with van der Waals surface area (Å²) in [6.45, 7) is 0. The first-order valence-corrected chi connectivity index (χ1v) is 4.07. The van der Waals surface area contributed by atoms with Gasteiger partial charge in [-0.25, -0.2) is 0 Å². The van der Waals surface area contributed by atoms with Gasteiger partial charge in [0.2, 0.25) is 5.91 Å². The van der Waals surface area contributed by atoms with Crippen LogP contribution in [0.3, 0.4) is 0 Å². The molecule has 0 saturated heterocycles. The second-order valence-electron chi connectivity index (χ2n) is 3.14. The van der Waals surface area contributed by atoms with Crippen LogP contribution in [-0.4, -0.2) is 19.2 Å². The van der Waals surface area contributed by atoms with E-state index in [1.807, 2.05) is 6.07 Å². The van der Waals surface area contributed by atoms with Crippen LogP contribution in [0.2, 0.25) is 0 Å². The first kappa shape index (κ1) is 7.98. The second kappa shape index (κ2) is 2.69. The molecule has 1 aromatic carbocycles. The minimum Gasteiger partial charge on any atom is -0.315 e. The Hall–Kier alpha value is -1.64. The molecular weight excluding hydrogens is 166 g/mol. The molecule has 0 spiro atoms. The molecule has 0 N–H and O–H groups in total. The molecule has 0 bridgehead atoms. The summed E-state index contributed by atoms with van der Waals surface area (Å²) in [6, 6.07) is 5.31. The number of fused-ring (bicyclic) bond motifs is 1. The van der Waals surface area contributed by atoms with Crippen molar-refractivity contribution >= 4 is 17.9 Å². The third-order valence-electron chi connectivity index (χ3n) is 2.32. The van der Waals surface area contributed by atoms with Crippen molar-refractivity contribution in [1.29, 1.82) is 0 Å². The van der Waals surface area contributed by atoms with Crippen molar-refractivity contribution in [2.24, 2.45) is 0 Å². The average Bonchev–Trinajstić information content (AvgIpc) is 2.43. The SMILES string of the molecule is CN1C(=O)Cc2ccc(C=O)cc21. The number of amides is 1. The molecule has 0 atom stereocenters. The van der Waals surface area contributed by atoms with E-state index in [4.69, 9.17) is 0 Å². The summed E-state index contributed by atoms with van der Waals surface area (Å²) in [4.78, 5) is 23.3. The maximum Gasteiger partial charge on any atom is 0.231 e. The number of hydrogen-bond donors (Lipinski definition) is 0. The molecular formula is C10H9NO2. The molecule has 1 amide bonds. The van der Waals surface area contributed by atoms with Crippen LogP contribution in [0, 0.1) is 0 Å². The second-order valence-corrected chi connectivity index (χ2v) is 3.14. The number of hydrogen-bond acceptors (Lipinski definition) is 2. The summed E-state index contributed by atoms with van der Waals surface area (Å²) in [6.07, 6.45) is 1.24. The van der Waals surface area contributed by atoms with Gasteiger partial charge in [-0.1, -0.05) is 12.1 Å². The summed E-state index contributed by atoms with van der Waals surface area (Å²) in [5.41, 5.74) is 2.47. The lowest BCUT2D eigenvalue weighted by atomic mass is 10.1. The fraction of sp³-hybridized carbons (Fsp3) is 0.200. The van der Waals surface area contributed by atoms with Crippen LogP contribution in [0.25, 0.3) is 0 Å². The van der Waals surface area contributed by atoms with Gasteiger partial charge in [-0.2, -0.15) is 0 Å². The van der Waals surface area contributed by atoms with Crippen molar-refractivity contribution < 1.29 is 9.59 Å². The van der Waals surface area contributed by atoms with Gasteiger partial charge in [-0.3, -0.25) is 9.59 Å². The molecule has 1 aliphatic rings. The molecule has 1 aromatic rings. The van der Waals surface area contributed by atoms with E-state index in [1.54, 1.807) is 24.1 Å². The number of anilines is 1. The van der Waals surface area contributed by atoms with Crippen LogP contribution < -0.4 is 4.90 Å². The van der Waals surface area contributed by atoms with Crippen LogP contribution >= 0.6 is 0 Å². The Morgan fingerprint density at radius 1 is 1.46 bits per heavy atom. The average molecular weight is 175 g/mol. The minimum absolute atomic E-state index is 0.0815. The van der Waals surface area contributed by atoms with Gasteiger partial charge >= 0.3 is 0 Å². The van der Waals surface area contributed by atoms with Gasteiger partial charge in [0.05, 0.1) is 6.42 Å². The summed E-state index contributed by atoms with van der Waals surface area (Å²) < 4.78 is 0. The third-order valence-corrected chi connectivity index (χ3v) is 2.32. The lowest BCUT2D eigenvalue weighted by Gasteiger charge is -2.09. The number of likely N-dealkylation sites (N-methyl/N-ethyl adjacent to an activating group) is 1. The number of benzene rings is 1. The molecule has 3 nitrogen and oxygen atoms in total. The van der Waals surface area contributed by atoms with Crippen LogP contribution in [-0.2, 0) is 11.2 Å². The standard InChI is InChI=1S/C10H9NO2/c1-11-9-4-7(6-12)2-3-8(9)5-10(11)13/h2-4,6H,5H2,1H3. The van der Waals surface area contributed by atoms with Crippen molar-refractivity contribution in [2.75, 3.05) is 11.9 Å². The lowest BCUT2D eigenvalue weighted by molar-refractivity contribution is -0.117. The fourth-order valence-electron chi connectivity index (χ4n) is 1.53. The van der Waals surface area contributed by atoms with E-state index in [9.17, 15) is 9.59 Å². The molecule has 0 aliphatic carbocycles. The van der Waals surface area contributed by atoms with E-state index in [1.165, 1.54) is 0 Å². The molecule has 0 aromatic heterocycles. The van der Waals surface area contributed by atoms with Crippen molar-refractivity contribution in [3.8, 4) is 0 Å². The fourth-order valence-corrected chi connectivity index (χ4v) is 1.53. The number of nitrogens with zero attached hydrogens (tertiary/aromatic N) is 1. The van der Waals surface area contributed by atoms with E-state index in [2.05, 4.69) is 0 Å². The Bertz CT molecular complexity index is 385. The van der Waals surface area contributed by atoms with Gasteiger partial charge < -0.3 is 4.90 Å². The van der Waals surface area contributed by atoms with Crippen molar-refractivity contribution in [3.63, 3.8) is 0 Å². The highest BCUT2D eigenvalue weighted by molar-refractivity contribution is 6.01. The van der Waals surface area contributed by atoms with Crippen LogP contribution in [0.4, 0.5) is 5.69 Å². The Labute approximate surface area is 76.0 Å². The maximum absolute atomic E-state index is 11.3. The Morgan fingerprint density at radius 3 is 2.92 bits per heavy atom. The molecule has 0 saturated carbocycles. The molecule has 1 aliphatic heterocycles. The van der Waals surface area contributed by atoms with E-state index in [0.29, 0.717) is 12.0 Å². The van der Waals surface area contributed by atoms with Gasteiger partial charge in [-0.15, -0.1) is 0 Å². The number of carbonyl (C=O) groups is 2. The zero-order valence-electron chi connectivity index (χ0n) is 7.28. The van der Waals surface area contributed by atoms with Crippen LogP contribution in [0.15, 0.2) is 18.2 Å². The Balaban J connectivity index is 2.53. The topological polar surface area (TPSA) is 37.4 Å². The third kappa shape index (κ3) is 1.13. The Morgan fingerprint density at radius 2 is 2.23 bits per heavy atom. The molecule has 0 unspecified atom stereocenters. The largest absolute Gasteiger partial charge is 0.315 e. The highest BCUT2D eigenvalue weighted by Gasteiger charge is 2.23. The number of carbonyl (C=O) groups excluding carboxylic acids is 2. The highest BCUT2D eigenvalue weighted by atomic mass is 16.2. The first-order chi connectivity index (χ1) is 6.22. The van der Waals surface area contributed by atoms with Gasteiger partial charge in [0.1, 0.15) is 6.29 Å². The van der Waals surface area contributed by atoms with Crippen molar-refractivity contribution in [2.45, 2.75) is 6.42 Å². The van der Waals surface area contributed by atoms with E-state index in [-0.39, 0.29) is 5.91 Å². The van der Waals surface area contributed by atoms with Crippen molar-refractivity contribution in [1.82, 2.24) is 0 Å². The number of aldehydes is 1. The number of rotatable bonds is 1. The van der Waals surface area contributed by atoms with Crippen LogP contribution in [0.5, 0.6) is 0 Å².